The largest absolute Gasteiger partial charge is 0.392 e. The molecule has 0 aliphatic carbocycles. The second-order valence-electron chi connectivity index (χ2n) is 6.60. The summed E-state index contributed by atoms with van der Waals surface area (Å²) < 4.78 is 15.2. The molecule has 28 heavy (non-hydrogen) atoms. The fourth-order valence-corrected chi connectivity index (χ4v) is 4.48. The molecule has 2 heterocycles. The smallest absolute Gasteiger partial charge is 0.266 e. The second kappa shape index (κ2) is 8.01. The Morgan fingerprint density at radius 2 is 2.00 bits per heavy atom. The van der Waals surface area contributed by atoms with E-state index in [2.05, 4.69) is 4.98 Å². The highest BCUT2D eigenvalue weighted by atomic mass is 35.5. The SMILES string of the molecule is Cc1cc(CO)c(-c2ccc(CCN)c(F)c2)c2c1[nH]c(=O)c1sccc12.Cl. The molecular formula is C21H20ClFN2O2S. The lowest BCUT2D eigenvalue weighted by Gasteiger charge is -2.16. The molecule has 4 nitrogen and oxygen atoms in total. The minimum atomic E-state index is -0.318. The molecule has 0 aliphatic heterocycles. The molecule has 2 aromatic heterocycles. The maximum Gasteiger partial charge on any atom is 0.266 e. The highest BCUT2D eigenvalue weighted by Gasteiger charge is 2.18. The van der Waals surface area contributed by atoms with Gasteiger partial charge in [0, 0.05) is 10.8 Å². The van der Waals surface area contributed by atoms with Crippen LogP contribution in [0.4, 0.5) is 4.39 Å². The number of nitrogens with two attached hydrogens (primary N) is 1. The molecule has 7 heteroatoms. The topological polar surface area (TPSA) is 79.1 Å². The zero-order valence-electron chi connectivity index (χ0n) is 15.2. The van der Waals surface area contributed by atoms with Crippen LogP contribution in [0.25, 0.3) is 32.1 Å². The Morgan fingerprint density at radius 1 is 1.21 bits per heavy atom. The van der Waals surface area contributed by atoms with Gasteiger partial charge in [-0.25, -0.2) is 4.39 Å². The summed E-state index contributed by atoms with van der Waals surface area (Å²) >= 11 is 1.37. The van der Waals surface area contributed by atoms with E-state index in [0.29, 0.717) is 39.9 Å². The number of hydrogen-bond acceptors (Lipinski definition) is 4. The quantitative estimate of drug-likeness (QED) is 0.463. The summed E-state index contributed by atoms with van der Waals surface area (Å²) in [6, 6.07) is 8.82. The van der Waals surface area contributed by atoms with Crippen LogP contribution in [-0.2, 0) is 13.0 Å². The van der Waals surface area contributed by atoms with Gasteiger partial charge >= 0.3 is 0 Å². The fraction of sp³-hybridized carbons (Fsp3) is 0.190. The van der Waals surface area contributed by atoms with Crippen molar-refractivity contribution in [3.63, 3.8) is 0 Å². The van der Waals surface area contributed by atoms with Gasteiger partial charge in [-0.1, -0.05) is 18.2 Å². The maximum atomic E-state index is 14.6. The molecule has 0 radical (unpaired) electrons. The van der Waals surface area contributed by atoms with Crippen LogP contribution in [0.1, 0.15) is 16.7 Å². The highest BCUT2D eigenvalue weighted by Crippen LogP contribution is 2.38. The molecule has 0 unspecified atom stereocenters. The summed E-state index contributed by atoms with van der Waals surface area (Å²) in [7, 11) is 0. The third-order valence-corrected chi connectivity index (χ3v) is 5.82. The molecule has 0 aliphatic rings. The molecule has 2 aromatic carbocycles. The van der Waals surface area contributed by atoms with Crippen LogP contribution >= 0.6 is 23.7 Å². The number of aryl methyl sites for hydroxylation is 1. The van der Waals surface area contributed by atoms with E-state index in [1.165, 1.54) is 17.4 Å². The number of thiophene rings is 1. The van der Waals surface area contributed by atoms with Crippen LogP contribution in [0.5, 0.6) is 0 Å². The van der Waals surface area contributed by atoms with Gasteiger partial charge in [-0.3, -0.25) is 4.79 Å². The molecular weight excluding hydrogens is 399 g/mol. The molecule has 4 rings (SSSR count). The number of halogens is 2. The second-order valence-corrected chi connectivity index (χ2v) is 7.51. The number of nitrogens with one attached hydrogen (secondary N) is 1. The minimum absolute atomic E-state index is 0. The first-order valence-electron chi connectivity index (χ1n) is 8.70. The number of aliphatic hydroxyl groups is 1. The Balaban J connectivity index is 0.00000225. The van der Waals surface area contributed by atoms with E-state index in [4.69, 9.17) is 5.73 Å². The van der Waals surface area contributed by atoms with Crippen LogP contribution in [0.2, 0.25) is 0 Å². The van der Waals surface area contributed by atoms with Gasteiger partial charge in [-0.15, -0.1) is 23.7 Å². The Morgan fingerprint density at radius 3 is 2.68 bits per heavy atom. The molecule has 4 aromatic rings. The van der Waals surface area contributed by atoms with Crippen molar-refractivity contribution in [3.8, 4) is 11.1 Å². The third kappa shape index (κ3) is 3.22. The minimum Gasteiger partial charge on any atom is -0.392 e. The summed E-state index contributed by atoms with van der Waals surface area (Å²) in [5, 5.41) is 13.5. The predicted molar refractivity (Wildman–Crippen MR) is 116 cm³/mol. The number of hydrogen-bond donors (Lipinski definition) is 3. The molecule has 0 saturated heterocycles. The lowest BCUT2D eigenvalue weighted by atomic mass is 9.91. The van der Waals surface area contributed by atoms with E-state index in [9.17, 15) is 14.3 Å². The maximum absolute atomic E-state index is 14.6. The summed E-state index contributed by atoms with van der Waals surface area (Å²) in [5.74, 6) is -0.318. The van der Waals surface area contributed by atoms with Crippen molar-refractivity contribution in [2.45, 2.75) is 20.0 Å². The summed E-state index contributed by atoms with van der Waals surface area (Å²) in [4.78, 5) is 15.4. The van der Waals surface area contributed by atoms with E-state index < -0.39 is 0 Å². The van der Waals surface area contributed by atoms with Gasteiger partial charge in [0.2, 0.25) is 0 Å². The first kappa shape index (κ1) is 20.5. The van der Waals surface area contributed by atoms with Gasteiger partial charge in [-0.05, 0) is 65.2 Å². The number of aliphatic hydroxyl groups excluding tert-OH is 1. The monoisotopic (exact) mass is 418 g/mol. The number of aromatic nitrogens is 1. The Hall–Kier alpha value is -2.25. The van der Waals surface area contributed by atoms with Crippen LogP contribution in [0, 0.1) is 12.7 Å². The number of rotatable bonds is 4. The average molecular weight is 419 g/mol. The molecule has 4 N–H and O–H groups in total. The van der Waals surface area contributed by atoms with Crippen LogP contribution in [-0.4, -0.2) is 16.6 Å². The molecule has 0 fully saturated rings. The molecule has 0 atom stereocenters. The molecule has 0 spiro atoms. The van der Waals surface area contributed by atoms with Gasteiger partial charge in [-0.2, -0.15) is 0 Å². The van der Waals surface area contributed by atoms with Gasteiger partial charge in [0.1, 0.15) is 10.5 Å². The van der Waals surface area contributed by atoms with Crippen LogP contribution in [0.15, 0.2) is 40.5 Å². The molecule has 0 saturated carbocycles. The van der Waals surface area contributed by atoms with E-state index in [0.717, 1.165) is 21.9 Å². The highest BCUT2D eigenvalue weighted by molar-refractivity contribution is 7.17. The predicted octanol–water partition coefficient (Wildman–Crippen LogP) is 4.27. The standard InChI is InChI=1S/C21H19FN2O2S.ClH/c1-11-8-14(10-25)17(13-3-2-12(4-6-23)16(22)9-13)18-15-5-7-27-20(15)21(26)24-19(11)18;/h2-3,5,7-9,25H,4,6,10,23H2,1H3,(H,24,26);1H. The lowest BCUT2D eigenvalue weighted by Crippen LogP contribution is -2.07. The molecule has 0 bridgehead atoms. The number of H-pyrrole nitrogens is 1. The van der Waals surface area contributed by atoms with Gasteiger partial charge in [0.15, 0.2) is 0 Å². The van der Waals surface area contributed by atoms with Crippen molar-refractivity contribution in [2.75, 3.05) is 6.54 Å². The molecule has 146 valence electrons. The Kier molecular flexibility index (Phi) is 5.86. The van der Waals surface area contributed by atoms with Crippen LogP contribution < -0.4 is 11.3 Å². The normalized spacial score (nSPS) is 11.1. The van der Waals surface area contributed by atoms with Gasteiger partial charge < -0.3 is 15.8 Å². The number of aromatic amines is 1. The van der Waals surface area contributed by atoms with Crippen molar-refractivity contribution in [1.82, 2.24) is 4.98 Å². The number of fused-ring (bicyclic) bond motifs is 3. The van der Waals surface area contributed by atoms with Crippen molar-refractivity contribution < 1.29 is 9.50 Å². The van der Waals surface area contributed by atoms with Crippen molar-refractivity contribution in [3.05, 3.63) is 68.6 Å². The summed E-state index contributed by atoms with van der Waals surface area (Å²) in [6.45, 7) is 2.09. The molecule has 0 amide bonds. The number of benzene rings is 2. The summed E-state index contributed by atoms with van der Waals surface area (Å²) in [5.41, 5.74) is 9.67. The first-order valence-corrected chi connectivity index (χ1v) is 9.58. The Labute approximate surface area is 171 Å². The number of pyridine rings is 1. The zero-order valence-corrected chi connectivity index (χ0v) is 16.8. The van der Waals surface area contributed by atoms with E-state index in [1.807, 2.05) is 30.5 Å². The Bertz CT molecular complexity index is 1230. The van der Waals surface area contributed by atoms with E-state index >= 15 is 0 Å². The van der Waals surface area contributed by atoms with Crippen molar-refractivity contribution >= 4 is 44.7 Å². The van der Waals surface area contributed by atoms with Crippen molar-refractivity contribution in [2.24, 2.45) is 5.73 Å². The fourth-order valence-electron chi connectivity index (χ4n) is 3.69. The summed E-state index contributed by atoms with van der Waals surface area (Å²) in [6.07, 6.45) is 0.468. The van der Waals surface area contributed by atoms with Crippen LogP contribution in [0.3, 0.4) is 0 Å². The van der Waals surface area contributed by atoms with E-state index in [1.54, 1.807) is 6.07 Å². The van der Waals surface area contributed by atoms with Gasteiger partial charge in [0.25, 0.3) is 5.56 Å². The third-order valence-electron chi connectivity index (χ3n) is 4.91. The zero-order chi connectivity index (χ0) is 19.1. The van der Waals surface area contributed by atoms with E-state index in [-0.39, 0.29) is 30.4 Å². The lowest BCUT2D eigenvalue weighted by molar-refractivity contribution is 0.282. The van der Waals surface area contributed by atoms with Crippen molar-refractivity contribution in [1.29, 1.82) is 0 Å². The average Bonchev–Trinajstić information content (AvgIpc) is 3.15. The van der Waals surface area contributed by atoms with Gasteiger partial charge in [0.05, 0.1) is 12.1 Å². The first-order chi connectivity index (χ1) is 13.0.